The van der Waals surface area contributed by atoms with E-state index in [9.17, 15) is 0 Å². The number of oxazole rings is 1. The summed E-state index contributed by atoms with van der Waals surface area (Å²) in [6.07, 6.45) is 2.04. The summed E-state index contributed by atoms with van der Waals surface area (Å²) in [5.74, 6) is 0.808. The Morgan fingerprint density at radius 3 is 3.11 bits per heavy atom. The Kier molecular flexibility index (Phi) is 2.96. The first-order chi connectivity index (χ1) is 8.74. The van der Waals surface area contributed by atoms with Crippen LogP contribution in [0.2, 0.25) is 0 Å². The maximum Gasteiger partial charge on any atom is 0.195 e. The summed E-state index contributed by atoms with van der Waals surface area (Å²) >= 11 is 0. The van der Waals surface area contributed by atoms with Crippen molar-refractivity contribution in [3.05, 3.63) is 24.1 Å². The summed E-state index contributed by atoms with van der Waals surface area (Å²) < 4.78 is 5.61. The van der Waals surface area contributed by atoms with Crippen molar-refractivity contribution in [1.29, 1.82) is 0 Å². The lowest BCUT2D eigenvalue weighted by Gasteiger charge is -2.13. The average molecular weight is 245 g/mol. The van der Waals surface area contributed by atoms with E-state index >= 15 is 0 Å². The van der Waals surface area contributed by atoms with Gasteiger partial charge in [-0.15, -0.1) is 0 Å². The zero-order chi connectivity index (χ0) is 12.5. The van der Waals surface area contributed by atoms with Gasteiger partial charge in [-0.05, 0) is 38.2 Å². The molecule has 2 aromatic rings. The van der Waals surface area contributed by atoms with Gasteiger partial charge >= 0.3 is 0 Å². The van der Waals surface area contributed by atoms with E-state index in [1.54, 1.807) is 0 Å². The van der Waals surface area contributed by atoms with Gasteiger partial charge in [0.25, 0.3) is 0 Å². The van der Waals surface area contributed by atoms with Crippen molar-refractivity contribution in [3.8, 4) is 0 Å². The molecule has 1 aromatic heterocycles. The van der Waals surface area contributed by atoms with Crippen LogP contribution < -0.4 is 5.32 Å². The number of nitrogens with zero attached hydrogens (tertiary/aromatic N) is 2. The number of aryl methyl sites for hydroxylation is 1. The van der Waals surface area contributed by atoms with E-state index in [1.165, 1.54) is 13.0 Å². The molecule has 1 aliphatic heterocycles. The molecular weight excluding hydrogens is 226 g/mol. The molecule has 0 bridgehead atoms. The predicted octanol–water partition coefficient (Wildman–Crippen LogP) is 2.51. The molecule has 0 saturated carbocycles. The molecule has 2 heterocycles. The smallest absolute Gasteiger partial charge is 0.195 e. The SMILES string of the molecule is CCc1nc2cc(NC3CCN(C)C3)ccc2o1. The molecule has 18 heavy (non-hydrogen) atoms. The Hall–Kier alpha value is -1.55. The van der Waals surface area contributed by atoms with E-state index in [2.05, 4.69) is 41.3 Å². The van der Waals surface area contributed by atoms with Gasteiger partial charge in [-0.1, -0.05) is 6.92 Å². The summed E-state index contributed by atoms with van der Waals surface area (Å²) in [5.41, 5.74) is 2.96. The molecule has 0 spiro atoms. The highest BCUT2D eigenvalue weighted by Crippen LogP contribution is 2.22. The number of anilines is 1. The van der Waals surface area contributed by atoms with Gasteiger partial charge in [0.05, 0.1) is 0 Å². The van der Waals surface area contributed by atoms with Gasteiger partial charge in [-0.3, -0.25) is 0 Å². The fourth-order valence-corrected chi connectivity index (χ4v) is 2.50. The lowest BCUT2D eigenvalue weighted by Crippen LogP contribution is -2.23. The van der Waals surface area contributed by atoms with Gasteiger partial charge in [-0.2, -0.15) is 0 Å². The molecule has 1 aromatic carbocycles. The Labute approximate surface area is 107 Å². The molecule has 1 fully saturated rings. The largest absolute Gasteiger partial charge is 0.441 e. The lowest BCUT2D eigenvalue weighted by molar-refractivity contribution is 0.414. The van der Waals surface area contributed by atoms with Crippen LogP contribution in [-0.4, -0.2) is 36.1 Å². The third-order valence-electron chi connectivity index (χ3n) is 3.50. The van der Waals surface area contributed by atoms with Crippen LogP contribution in [0.1, 0.15) is 19.2 Å². The van der Waals surface area contributed by atoms with Crippen molar-refractivity contribution < 1.29 is 4.42 Å². The van der Waals surface area contributed by atoms with Gasteiger partial charge < -0.3 is 14.6 Å². The van der Waals surface area contributed by atoms with E-state index < -0.39 is 0 Å². The number of hydrogen-bond acceptors (Lipinski definition) is 4. The quantitative estimate of drug-likeness (QED) is 0.902. The molecule has 4 heteroatoms. The lowest BCUT2D eigenvalue weighted by atomic mass is 10.2. The third-order valence-corrected chi connectivity index (χ3v) is 3.50. The standard InChI is InChI=1S/C14H19N3O/c1-3-14-16-12-8-10(4-5-13(12)18-14)15-11-6-7-17(2)9-11/h4-5,8,11,15H,3,6-7,9H2,1-2H3. The zero-order valence-corrected chi connectivity index (χ0v) is 10.9. The van der Waals surface area contributed by atoms with Gasteiger partial charge in [-0.25, -0.2) is 4.98 Å². The van der Waals surface area contributed by atoms with Crippen LogP contribution in [0.15, 0.2) is 22.6 Å². The Morgan fingerprint density at radius 2 is 2.39 bits per heavy atom. The first-order valence-electron chi connectivity index (χ1n) is 6.59. The molecule has 0 amide bonds. The van der Waals surface area contributed by atoms with Gasteiger partial charge in [0, 0.05) is 24.7 Å². The zero-order valence-electron chi connectivity index (χ0n) is 10.9. The van der Waals surface area contributed by atoms with Crippen LogP contribution in [0, 0.1) is 0 Å². The van der Waals surface area contributed by atoms with Crippen molar-refractivity contribution in [2.45, 2.75) is 25.8 Å². The summed E-state index contributed by atoms with van der Waals surface area (Å²) in [4.78, 5) is 6.81. The fourth-order valence-electron chi connectivity index (χ4n) is 2.50. The third kappa shape index (κ3) is 2.20. The first-order valence-corrected chi connectivity index (χ1v) is 6.59. The Morgan fingerprint density at radius 1 is 1.50 bits per heavy atom. The molecule has 1 saturated heterocycles. The normalized spacial score (nSPS) is 20.7. The first kappa shape index (κ1) is 11.5. The number of likely N-dealkylation sites (tertiary alicyclic amines) is 1. The number of hydrogen-bond donors (Lipinski definition) is 1. The number of aromatic nitrogens is 1. The molecule has 3 rings (SSSR count). The van der Waals surface area contributed by atoms with Crippen LogP contribution in [0.3, 0.4) is 0 Å². The number of likely N-dealkylation sites (N-methyl/N-ethyl adjacent to an activating group) is 1. The predicted molar refractivity (Wildman–Crippen MR) is 72.9 cm³/mol. The molecule has 4 nitrogen and oxygen atoms in total. The maximum absolute atomic E-state index is 5.61. The molecule has 1 atom stereocenters. The summed E-state index contributed by atoms with van der Waals surface area (Å²) in [5, 5.41) is 3.57. The second-order valence-corrected chi connectivity index (χ2v) is 5.04. The molecule has 96 valence electrons. The molecule has 1 aliphatic rings. The minimum Gasteiger partial charge on any atom is -0.441 e. The second-order valence-electron chi connectivity index (χ2n) is 5.04. The summed E-state index contributed by atoms with van der Waals surface area (Å²) in [6.45, 7) is 4.33. The highest BCUT2D eigenvalue weighted by Gasteiger charge is 2.19. The maximum atomic E-state index is 5.61. The van der Waals surface area contributed by atoms with Crippen LogP contribution in [-0.2, 0) is 6.42 Å². The molecule has 0 radical (unpaired) electrons. The average Bonchev–Trinajstić information content (AvgIpc) is 2.94. The monoisotopic (exact) mass is 245 g/mol. The van der Waals surface area contributed by atoms with Crippen molar-refractivity contribution in [3.63, 3.8) is 0 Å². The van der Waals surface area contributed by atoms with Gasteiger partial charge in [0.2, 0.25) is 0 Å². The van der Waals surface area contributed by atoms with Gasteiger partial charge in [0.15, 0.2) is 11.5 Å². The molecule has 1 unspecified atom stereocenters. The Balaban J connectivity index is 1.80. The van der Waals surface area contributed by atoms with Crippen LogP contribution in [0.25, 0.3) is 11.1 Å². The minimum atomic E-state index is 0.546. The molecule has 1 N–H and O–H groups in total. The van der Waals surface area contributed by atoms with E-state index in [0.29, 0.717) is 6.04 Å². The highest BCUT2D eigenvalue weighted by molar-refractivity contribution is 5.77. The van der Waals surface area contributed by atoms with Crippen LogP contribution in [0.4, 0.5) is 5.69 Å². The van der Waals surface area contributed by atoms with E-state index in [0.717, 1.165) is 35.6 Å². The topological polar surface area (TPSA) is 41.3 Å². The number of rotatable bonds is 3. The number of nitrogens with one attached hydrogen (secondary N) is 1. The molecule has 0 aliphatic carbocycles. The Bertz CT molecular complexity index is 549. The van der Waals surface area contributed by atoms with Crippen molar-refractivity contribution >= 4 is 16.8 Å². The van der Waals surface area contributed by atoms with E-state index in [1.807, 2.05) is 6.07 Å². The van der Waals surface area contributed by atoms with Crippen molar-refractivity contribution in [2.24, 2.45) is 0 Å². The number of benzene rings is 1. The molecular formula is C14H19N3O. The van der Waals surface area contributed by atoms with Crippen LogP contribution in [0.5, 0.6) is 0 Å². The van der Waals surface area contributed by atoms with E-state index in [-0.39, 0.29) is 0 Å². The van der Waals surface area contributed by atoms with E-state index in [4.69, 9.17) is 4.42 Å². The van der Waals surface area contributed by atoms with Crippen LogP contribution >= 0.6 is 0 Å². The fraction of sp³-hybridized carbons (Fsp3) is 0.500. The summed E-state index contributed by atoms with van der Waals surface area (Å²) in [6, 6.07) is 6.70. The summed E-state index contributed by atoms with van der Waals surface area (Å²) in [7, 11) is 2.16. The highest BCUT2D eigenvalue weighted by atomic mass is 16.3. The van der Waals surface area contributed by atoms with Crippen molar-refractivity contribution in [1.82, 2.24) is 9.88 Å². The van der Waals surface area contributed by atoms with Gasteiger partial charge in [0.1, 0.15) is 5.52 Å². The second kappa shape index (κ2) is 4.61. The minimum absolute atomic E-state index is 0.546. The number of fused-ring (bicyclic) bond motifs is 1. The van der Waals surface area contributed by atoms with Crippen molar-refractivity contribution in [2.75, 3.05) is 25.5 Å².